The molecule has 2 fully saturated rings. The fourth-order valence-corrected chi connectivity index (χ4v) is 3.06. The zero-order valence-electron chi connectivity index (χ0n) is 10.9. The molecule has 2 aliphatic rings. The van der Waals surface area contributed by atoms with Crippen molar-refractivity contribution in [3.63, 3.8) is 0 Å². The van der Waals surface area contributed by atoms with Gasteiger partial charge in [-0.2, -0.15) is 0 Å². The summed E-state index contributed by atoms with van der Waals surface area (Å²) in [6.07, 6.45) is 5.41. The Bertz CT molecular complexity index is 481. The molecule has 0 radical (unpaired) electrons. The lowest BCUT2D eigenvalue weighted by Crippen LogP contribution is -2.30. The van der Waals surface area contributed by atoms with Crippen LogP contribution in [-0.2, 0) is 0 Å². The minimum Gasteiger partial charge on any atom is -0.389 e. The van der Waals surface area contributed by atoms with E-state index in [4.69, 9.17) is 29.6 Å². The number of rotatable bonds is 6. The molecule has 0 aromatic heterocycles. The van der Waals surface area contributed by atoms with Crippen molar-refractivity contribution in [2.24, 2.45) is 17.6 Å². The van der Waals surface area contributed by atoms with Gasteiger partial charge in [-0.05, 0) is 49.7 Å². The minimum absolute atomic E-state index is 0.400. The second-order valence-electron chi connectivity index (χ2n) is 5.79. The molecule has 1 aromatic rings. The van der Waals surface area contributed by atoms with Crippen LogP contribution in [0, 0.1) is 11.8 Å². The lowest BCUT2D eigenvalue weighted by molar-refractivity contribution is 0.679. The molecule has 3 rings (SSSR count). The van der Waals surface area contributed by atoms with E-state index < -0.39 is 0 Å². The summed E-state index contributed by atoms with van der Waals surface area (Å²) < 4.78 is 0. The van der Waals surface area contributed by atoms with Gasteiger partial charge in [0.15, 0.2) is 0 Å². The molecule has 0 unspecified atom stereocenters. The first-order valence-electron chi connectivity index (χ1n) is 6.98. The Morgan fingerprint density at radius 3 is 2.26 bits per heavy atom. The van der Waals surface area contributed by atoms with Gasteiger partial charge in [-0.15, -0.1) is 0 Å². The topological polar surface area (TPSA) is 29.3 Å². The summed E-state index contributed by atoms with van der Waals surface area (Å²) in [4.78, 5) is 2.85. The van der Waals surface area contributed by atoms with Crippen molar-refractivity contribution in [2.75, 3.05) is 18.0 Å². The van der Waals surface area contributed by atoms with Crippen LogP contribution in [0.1, 0.15) is 31.2 Å². The van der Waals surface area contributed by atoms with Gasteiger partial charge in [0.2, 0.25) is 0 Å². The van der Waals surface area contributed by atoms with Crippen LogP contribution >= 0.6 is 23.8 Å². The highest BCUT2D eigenvalue weighted by atomic mass is 35.5. The predicted octanol–water partition coefficient (Wildman–Crippen LogP) is 3.60. The number of halogens is 1. The van der Waals surface area contributed by atoms with Gasteiger partial charge in [0.25, 0.3) is 0 Å². The summed E-state index contributed by atoms with van der Waals surface area (Å²) in [5, 5.41) is 0.668. The number of nitrogens with zero attached hydrogens (tertiary/aromatic N) is 1. The van der Waals surface area contributed by atoms with Crippen LogP contribution in [0.4, 0.5) is 5.69 Å². The lowest BCUT2D eigenvalue weighted by atomic mass is 10.1. The molecule has 2 aliphatic carbocycles. The maximum atomic E-state index is 6.28. The van der Waals surface area contributed by atoms with Crippen molar-refractivity contribution in [3.8, 4) is 0 Å². The molecule has 0 spiro atoms. The van der Waals surface area contributed by atoms with Gasteiger partial charge in [-0.3, -0.25) is 0 Å². The Morgan fingerprint density at radius 2 is 1.79 bits per heavy atom. The fraction of sp³-hybridized carbons (Fsp3) is 0.533. The maximum Gasteiger partial charge on any atom is 0.107 e. The monoisotopic (exact) mass is 294 g/mol. The van der Waals surface area contributed by atoms with Crippen molar-refractivity contribution >= 4 is 34.5 Å². The van der Waals surface area contributed by atoms with Crippen molar-refractivity contribution in [3.05, 3.63) is 28.8 Å². The zero-order valence-corrected chi connectivity index (χ0v) is 12.5. The van der Waals surface area contributed by atoms with Crippen molar-refractivity contribution in [2.45, 2.75) is 25.7 Å². The van der Waals surface area contributed by atoms with E-state index in [0.717, 1.165) is 36.2 Å². The first-order chi connectivity index (χ1) is 9.15. The first-order valence-corrected chi connectivity index (χ1v) is 7.77. The van der Waals surface area contributed by atoms with E-state index in [9.17, 15) is 0 Å². The largest absolute Gasteiger partial charge is 0.389 e. The number of hydrogen-bond acceptors (Lipinski definition) is 2. The molecule has 0 bridgehead atoms. The molecule has 2 saturated carbocycles. The molecule has 2 nitrogen and oxygen atoms in total. The van der Waals surface area contributed by atoms with Crippen LogP contribution in [0.25, 0.3) is 0 Å². The summed E-state index contributed by atoms with van der Waals surface area (Å²) in [5.41, 5.74) is 7.84. The average molecular weight is 295 g/mol. The smallest absolute Gasteiger partial charge is 0.107 e. The third-order valence-electron chi connectivity index (χ3n) is 3.93. The average Bonchev–Trinajstić information content (AvgIpc) is 3.22. The maximum absolute atomic E-state index is 6.28. The number of benzene rings is 1. The van der Waals surface area contributed by atoms with Crippen molar-refractivity contribution < 1.29 is 0 Å². The van der Waals surface area contributed by atoms with Gasteiger partial charge in [0.05, 0.1) is 10.6 Å². The number of nitrogens with two attached hydrogens (primary N) is 1. The van der Waals surface area contributed by atoms with Gasteiger partial charge in [0.1, 0.15) is 4.99 Å². The molecule has 0 heterocycles. The SMILES string of the molecule is NC(=S)c1c(Cl)cccc1N(CC1CC1)CC1CC1. The molecule has 0 aliphatic heterocycles. The van der Waals surface area contributed by atoms with E-state index in [1.165, 1.54) is 25.7 Å². The normalized spacial score (nSPS) is 18.4. The Hall–Kier alpha value is -0.800. The molecule has 0 atom stereocenters. The summed E-state index contributed by atoms with van der Waals surface area (Å²) in [5.74, 6) is 1.69. The van der Waals surface area contributed by atoms with Crippen LogP contribution < -0.4 is 10.6 Å². The van der Waals surface area contributed by atoms with E-state index in [-0.39, 0.29) is 0 Å². The molecule has 1 aromatic carbocycles. The zero-order chi connectivity index (χ0) is 13.4. The number of anilines is 1. The quantitative estimate of drug-likeness (QED) is 0.813. The van der Waals surface area contributed by atoms with E-state index in [1.807, 2.05) is 12.1 Å². The molecule has 0 amide bonds. The standard InChI is InChI=1S/C15H19ClN2S/c16-12-2-1-3-13(14(12)15(17)19)18(8-10-4-5-10)9-11-6-7-11/h1-3,10-11H,4-9H2,(H2,17,19). The van der Waals surface area contributed by atoms with Crippen LogP contribution in [0.3, 0.4) is 0 Å². The van der Waals surface area contributed by atoms with E-state index in [0.29, 0.717) is 10.0 Å². The summed E-state index contributed by atoms with van der Waals surface area (Å²) in [7, 11) is 0. The van der Waals surface area contributed by atoms with Gasteiger partial charge in [-0.1, -0.05) is 29.9 Å². The van der Waals surface area contributed by atoms with Crippen LogP contribution in [0.15, 0.2) is 18.2 Å². The summed E-state index contributed by atoms with van der Waals surface area (Å²) in [6, 6.07) is 5.96. The van der Waals surface area contributed by atoms with Crippen molar-refractivity contribution in [1.29, 1.82) is 0 Å². The van der Waals surface area contributed by atoms with E-state index in [2.05, 4.69) is 11.0 Å². The predicted molar refractivity (Wildman–Crippen MR) is 85.0 cm³/mol. The van der Waals surface area contributed by atoms with E-state index in [1.54, 1.807) is 0 Å². The van der Waals surface area contributed by atoms with Gasteiger partial charge >= 0.3 is 0 Å². The third-order valence-corrected chi connectivity index (χ3v) is 4.45. The Balaban J connectivity index is 1.90. The van der Waals surface area contributed by atoms with Gasteiger partial charge < -0.3 is 10.6 Å². The van der Waals surface area contributed by atoms with Gasteiger partial charge in [0, 0.05) is 18.8 Å². The van der Waals surface area contributed by atoms with Crippen molar-refractivity contribution in [1.82, 2.24) is 0 Å². The highest BCUT2D eigenvalue weighted by Crippen LogP contribution is 2.37. The van der Waals surface area contributed by atoms with Gasteiger partial charge in [-0.25, -0.2) is 0 Å². The third kappa shape index (κ3) is 3.21. The Kier molecular flexibility index (Phi) is 3.68. The molecule has 0 saturated heterocycles. The molecule has 2 N–H and O–H groups in total. The highest BCUT2D eigenvalue weighted by Gasteiger charge is 2.30. The summed E-state index contributed by atoms with van der Waals surface area (Å²) >= 11 is 11.5. The second kappa shape index (κ2) is 5.29. The molecule has 102 valence electrons. The van der Waals surface area contributed by atoms with E-state index >= 15 is 0 Å². The number of hydrogen-bond donors (Lipinski definition) is 1. The molecular weight excluding hydrogens is 276 g/mol. The second-order valence-corrected chi connectivity index (χ2v) is 6.64. The fourth-order valence-electron chi connectivity index (χ4n) is 2.52. The van der Waals surface area contributed by atoms with Crippen LogP contribution in [0.2, 0.25) is 5.02 Å². The van der Waals surface area contributed by atoms with Crippen LogP contribution in [-0.4, -0.2) is 18.1 Å². The first kappa shape index (κ1) is 13.2. The lowest BCUT2D eigenvalue weighted by Gasteiger charge is -2.27. The Labute approximate surface area is 124 Å². The molecule has 19 heavy (non-hydrogen) atoms. The number of thiocarbonyl (C=S) groups is 1. The Morgan fingerprint density at radius 1 is 1.21 bits per heavy atom. The summed E-state index contributed by atoms with van der Waals surface area (Å²) in [6.45, 7) is 2.24. The van der Waals surface area contributed by atoms with Crippen LogP contribution in [0.5, 0.6) is 0 Å². The molecular formula is C15H19ClN2S. The highest BCUT2D eigenvalue weighted by molar-refractivity contribution is 7.80. The minimum atomic E-state index is 0.400. The molecule has 4 heteroatoms.